The van der Waals surface area contributed by atoms with E-state index in [1.807, 2.05) is 42.5 Å². The zero-order chi connectivity index (χ0) is 16.9. The van der Waals surface area contributed by atoms with Gasteiger partial charge in [0.1, 0.15) is 5.75 Å². The number of benzene rings is 3. The van der Waals surface area contributed by atoms with Crippen molar-refractivity contribution in [2.75, 3.05) is 5.73 Å². The highest BCUT2D eigenvalue weighted by Crippen LogP contribution is 2.22. The Hall–Kier alpha value is -3.33. The highest BCUT2D eigenvalue weighted by Gasteiger charge is 2.08. The summed E-state index contributed by atoms with van der Waals surface area (Å²) in [4.78, 5) is 12.2. The molecule has 0 aliphatic carbocycles. The van der Waals surface area contributed by atoms with Gasteiger partial charge in [-0.15, -0.1) is 0 Å². The fourth-order valence-corrected chi connectivity index (χ4v) is 2.44. The molecule has 0 amide bonds. The maximum absolute atomic E-state index is 12.2. The number of rotatable bonds is 4. The number of anilines is 1. The van der Waals surface area contributed by atoms with Gasteiger partial charge >= 0.3 is 0 Å². The Kier molecular flexibility index (Phi) is 4.43. The summed E-state index contributed by atoms with van der Waals surface area (Å²) in [6.07, 6.45) is 3.18. The number of aromatic hydroxyl groups is 1. The number of nitrogens with two attached hydrogens (primary N) is 1. The molecular weight excluding hydrogens is 298 g/mol. The third-order valence-electron chi connectivity index (χ3n) is 3.73. The summed E-state index contributed by atoms with van der Waals surface area (Å²) in [6.45, 7) is 0. The summed E-state index contributed by atoms with van der Waals surface area (Å²) in [6, 6.07) is 22.5. The van der Waals surface area contributed by atoms with Crippen molar-refractivity contribution in [3.8, 4) is 16.9 Å². The molecule has 0 aliphatic rings. The summed E-state index contributed by atoms with van der Waals surface area (Å²) in [5.74, 6) is -0.372. The molecule has 24 heavy (non-hydrogen) atoms. The number of carbonyl (C=O) groups excluding carboxylic acids is 1. The number of hydrogen-bond donors (Lipinski definition) is 2. The molecule has 0 aromatic heterocycles. The second-order valence-electron chi connectivity index (χ2n) is 5.46. The predicted octanol–water partition coefficient (Wildman–Crippen LogP) is 4.54. The van der Waals surface area contributed by atoms with Crippen molar-refractivity contribution in [3.05, 3.63) is 90.0 Å². The molecule has 0 aliphatic heterocycles. The SMILES string of the molecule is Nc1ccc(C(=O)/C=C/c2ccc(-c3ccccc3)cc2)c(O)c1. The molecule has 0 atom stereocenters. The maximum atomic E-state index is 12.2. The number of phenolic OH excluding ortho intramolecular Hbond substituents is 1. The minimum Gasteiger partial charge on any atom is -0.507 e. The van der Waals surface area contributed by atoms with E-state index < -0.39 is 0 Å². The van der Waals surface area contributed by atoms with Crippen molar-refractivity contribution < 1.29 is 9.90 Å². The van der Waals surface area contributed by atoms with E-state index in [-0.39, 0.29) is 17.1 Å². The summed E-state index contributed by atoms with van der Waals surface area (Å²) in [5, 5.41) is 9.79. The van der Waals surface area contributed by atoms with Crippen molar-refractivity contribution in [1.82, 2.24) is 0 Å². The van der Waals surface area contributed by atoms with Gasteiger partial charge in [0.25, 0.3) is 0 Å². The van der Waals surface area contributed by atoms with Crippen LogP contribution in [0.3, 0.4) is 0 Å². The fraction of sp³-hybridized carbons (Fsp3) is 0. The van der Waals surface area contributed by atoms with Crippen LogP contribution in [0.15, 0.2) is 78.9 Å². The summed E-state index contributed by atoms with van der Waals surface area (Å²) in [7, 11) is 0. The zero-order valence-corrected chi connectivity index (χ0v) is 13.0. The Morgan fingerprint density at radius 3 is 2.21 bits per heavy atom. The van der Waals surface area contributed by atoms with E-state index in [0.29, 0.717) is 5.69 Å². The van der Waals surface area contributed by atoms with Gasteiger partial charge < -0.3 is 10.8 Å². The number of hydrogen-bond acceptors (Lipinski definition) is 3. The second kappa shape index (κ2) is 6.84. The molecule has 0 radical (unpaired) electrons. The van der Waals surface area contributed by atoms with E-state index in [0.717, 1.165) is 16.7 Å². The van der Waals surface area contributed by atoms with Crippen molar-refractivity contribution in [1.29, 1.82) is 0 Å². The quantitative estimate of drug-likeness (QED) is 0.422. The Bertz CT molecular complexity index is 881. The molecule has 0 fully saturated rings. The smallest absolute Gasteiger partial charge is 0.189 e. The fourth-order valence-electron chi connectivity index (χ4n) is 2.44. The minimum atomic E-state index is -0.264. The molecule has 0 saturated carbocycles. The maximum Gasteiger partial charge on any atom is 0.189 e. The molecule has 0 saturated heterocycles. The number of allylic oxidation sites excluding steroid dienone is 1. The highest BCUT2D eigenvalue weighted by molar-refractivity contribution is 6.08. The zero-order valence-electron chi connectivity index (χ0n) is 13.0. The molecule has 0 unspecified atom stereocenters. The van der Waals surface area contributed by atoms with Crippen LogP contribution in [-0.2, 0) is 0 Å². The number of nitrogen functional groups attached to an aromatic ring is 1. The molecule has 0 spiro atoms. The molecule has 0 heterocycles. The first-order valence-corrected chi connectivity index (χ1v) is 7.60. The van der Waals surface area contributed by atoms with E-state index in [4.69, 9.17) is 5.73 Å². The van der Waals surface area contributed by atoms with Crippen LogP contribution in [0.1, 0.15) is 15.9 Å². The largest absolute Gasteiger partial charge is 0.507 e. The summed E-state index contributed by atoms with van der Waals surface area (Å²) in [5.41, 5.74) is 9.41. The topological polar surface area (TPSA) is 63.3 Å². The standard InChI is InChI=1S/C21H17NO2/c22-18-11-12-19(21(24)14-18)20(23)13-8-15-6-9-17(10-7-15)16-4-2-1-3-5-16/h1-14,24H,22H2/b13-8+. The van der Waals surface area contributed by atoms with E-state index in [1.54, 1.807) is 12.1 Å². The minimum absolute atomic E-state index is 0.107. The third-order valence-corrected chi connectivity index (χ3v) is 3.73. The van der Waals surface area contributed by atoms with Gasteiger partial charge in [0, 0.05) is 11.8 Å². The van der Waals surface area contributed by atoms with Gasteiger partial charge in [0.05, 0.1) is 5.56 Å². The van der Waals surface area contributed by atoms with Gasteiger partial charge in [-0.3, -0.25) is 4.79 Å². The Balaban J connectivity index is 1.76. The van der Waals surface area contributed by atoms with Crippen molar-refractivity contribution in [3.63, 3.8) is 0 Å². The van der Waals surface area contributed by atoms with Crippen molar-refractivity contribution in [2.45, 2.75) is 0 Å². The second-order valence-corrected chi connectivity index (χ2v) is 5.46. The van der Waals surface area contributed by atoms with Crippen LogP contribution in [0, 0.1) is 0 Å². The van der Waals surface area contributed by atoms with Gasteiger partial charge in [-0.1, -0.05) is 60.7 Å². The van der Waals surface area contributed by atoms with Crippen LogP contribution >= 0.6 is 0 Å². The molecule has 3 nitrogen and oxygen atoms in total. The molecule has 3 aromatic carbocycles. The first kappa shape index (κ1) is 15.6. The molecule has 3 rings (SSSR count). The van der Waals surface area contributed by atoms with Crippen LogP contribution in [0.4, 0.5) is 5.69 Å². The van der Waals surface area contributed by atoms with Gasteiger partial charge in [-0.25, -0.2) is 0 Å². The van der Waals surface area contributed by atoms with Gasteiger partial charge in [-0.05, 0) is 34.9 Å². The summed E-state index contributed by atoms with van der Waals surface area (Å²) < 4.78 is 0. The number of carbonyl (C=O) groups is 1. The normalized spacial score (nSPS) is 10.8. The van der Waals surface area contributed by atoms with Crippen molar-refractivity contribution in [2.24, 2.45) is 0 Å². The van der Waals surface area contributed by atoms with E-state index in [9.17, 15) is 9.90 Å². The highest BCUT2D eigenvalue weighted by atomic mass is 16.3. The van der Waals surface area contributed by atoms with Crippen LogP contribution in [-0.4, -0.2) is 10.9 Å². The lowest BCUT2D eigenvalue weighted by atomic mass is 10.0. The number of phenols is 1. The average Bonchev–Trinajstić information content (AvgIpc) is 2.61. The first-order chi connectivity index (χ1) is 11.6. The lowest BCUT2D eigenvalue weighted by Crippen LogP contribution is -1.96. The molecule has 3 aromatic rings. The Labute approximate surface area is 140 Å². The van der Waals surface area contributed by atoms with E-state index in [2.05, 4.69) is 12.1 Å². The van der Waals surface area contributed by atoms with Crippen LogP contribution < -0.4 is 5.73 Å². The summed E-state index contributed by atoms with van der Waals surface area (Å²) >= 11 is 0. The molecule has 118 valence electrons. The predicted molar refractivity (Wildman–Crippen MR) is 97.8 cm³/mol. The van der Waals surface area contributed by atoms with Crippen LogP contribution in [0.25, 0.3) is 17.2 Å². The Morgan fingerprint density at radius 1 is 0.875 bits per heavy atom. The first-order valence-electron chi connectivity index (χ1n) is 7.60. The third kappa shape index (κ3) is 3.52. The Morgan fingerprint density at radius 2 is 1.54 bits per heavy atom. The number of ketones is 1. The van der Waals surface area contributed by atoms with E-state index in [1.165, 1.54) is 18.2 Å². The van der Waals surface area contributed by atoms with Gasteiger partial charge in [0.2, 0.25) is 0 Å². The molecule has 0 bridgehead atoms. The lowest BCUT2D eigenvalue weighted by Gasteiger charge is -2.03. The average molecular weight is 315 g/mol. The lowest BCUT2D eigenvalue weighted by molar-refractivity contribution is 0.104. The van der Waals surface area contributed by atoms with Crippen LogP contribution in [0.5, 0.6) is 5.75 Å². The van der Waals surface area contributed by atoms with E-state index >= 15 is 0 Å². The molecular formula is C21H17NO2. The van der Waals surface area contributed by atoms with Gasteiger partial charge in [0.15, 0.2) is 5.78 Å². The molecule has 3 N–H and O–H groups in total. The van der Waals surface area contributed by atoms with Crippen LogP contribution in [0.2, 0.25) is 0 Å². The molecule has 3 heteroatoms. The van der Waals surface area contributed by atoms with Gasteiger partial charge in [-0.2, -0.15) is 0 Å². The van der Waals surface area contributed by atoms with Crippen molar-refractivity contribution >= 4 is 17.5 Å². The monoisotopic (exact) mass is 315 g/mol.